The number of nitro benzene ring substituents is 1. The molecule has 0 saturated carbocycles. The number of amides is 1. The Hall–Kier alpha value is -1.98. The largest absolute Gasteiger partial charge is 0.339 e. The van der Waals surface area contributed by atoms with Crippen LogP contribution >= 0.6 is 0 Å². The highest BCUT2D eigenvalue weighted by molar-refractivity contribution is 5.95. The number of benzene rings is 1. The number of non-ortho nitro benzene ring substituents is 1. The van der Waals surface area contributed by atoms with E-state index < -0.39 is 16.6 Å². The van der Waals surface area contributed by atoms with E-state index in [1.807, 2.05) is 20.8 Å². The Morgan fingerprint density at radius 1 is 1.37 bits per heavy atom. The predicted octanol–water partition coefficient (Wildman–Crippen LogP) is 2.85. The summed E-state index contributed by atoms with van der Waals surface area (Å²) in [5.41, 5.74) is -0.570. The van der Waals surface area contributed by atoms with Crippen LogP contribution in [0.4, 0.5) is 10.1 Å². The van der Waals surface area contributed by atoms with Crippen molar-refractivity contribution in [2.75, 3.05) is 7.05 Å². The standard InChI is InChI=1S/C13H17FN2O3/c1-8(2)9(3)15(4)13(17)11-7-10(16(18)19)5-6-12(11)14/h5-9H,1-4H3. The van der Waals surface area contributed by atoms with Gasteiger partial charge < -0.3 is 4.90 Å². The lowest BCUT2D eigenvalue weighted by molar-refractivity contribution is -0.384. The van der Waals surface area contributed by atoms with E-state index in [0.29, 0.717) is 0 Å². The summed E-state index contributed by atoms with van der Waals surface area (Å²) < 4.78 is 13.6. The number of carbonyl (C=O) groups is 1. The topological polar surface area (TPSA) is 63.5 Å². The molecule has 1 unspecified atom stereocenters. The Morgan fingerprint density at radius 2 is 1.95 bits per heavy atom. The molecule has 0 radical (unpaired) electrons. The van der Waals surface area contributed by atoms with Crippen molar-refractivity contribution in [1.29, 1.82) is 0 Å². The Kier molecular flexibility index (Phi) is 4.58. The maximum Gasteiger partial charge on any atom is 0.270 e. The normalized spacial score (nSPS) is 12.3. The van der Waals surface area contributed by atoms with Crippen LogP contribution in [0.25, 0.3) is 0 Å². The van der Waals surface area contributed by atoms with Gasteiger partial charge in [-0.25, -0.2) is 4.39 Å². The number of carbonyl (C=O) groups excluding carboxylic acids is 1. The zero-order chi connectivity index (χ0) is 14.7. The van der Waals surface area contributed by atoms with Crippen molar-refractivity contribution in [2.24, 2.45) is 5.92 Å². The molecule has 0 aliphatic rings. The minimum absolute atomic E-state index is 0.0915. The van der Waals surface area contributed by atoms with Crippen molar-refractivity contribution in [3.05, 3.63) is 39.7 Å². The molecule has 0 fully saturated rings. The minimum atomic E-state index is -0.751. The summed E-state index contributed by atoms with van der Waals surface area (Å²) in [5, 5.41) is 10.7. The predicted molar refractivity (Wildman–Crippen MR) is 69.4 cm³/mol. The third kappa shape index (κ3) is 3.27. The van der Waals surface area contributed by atoms with E-state index in [1.54, 1.807) is 7.05 Å². The van der Waals surface area contributed by atoms with Crippen LogP contribution in [0.5, 0.6) is 0 Å². The summed E-state index contributed by atoms with van der Waals surface area (Å²) in [6.07, 6.45) is 0. The van der Waals surface area contributed by atoms with Gasteiger partial charge >= 0.3 is 0 Å². The van der Waals surface area contributed by atoms with Gasteiger partial charge in [0.25, 0.3) is 11.6 Å². The molecule has 0 N–H and O–H groups in total. The molecule has 0 aromatic heterocycles. The van der Waals surface area contributed by atoms with Crippen LogP contribution in [0.15, 0.2) is 18.2 Å². The number of nitro groups is 1. The second kappa shape index (κ2) is 5.77. The van der Waals surface area contributed by atoms with Crippen molar-refractivity contribution in [2.45, 2.75) is 26.8 Å². The van der Waals surface area contributed by atoms with Crippen LogP contribution in [-0.2, 0) is 0 Å². The number of rotatable bonds is 4. The second-order valence-corrected chi connectivity index (χ2v) is 4.82. The van der Waals surface area contributed by atoms with E-state index in [1.165, 1.54) is 4.90 Å². The third-order valence-electron chi connectivity index (χ3n) is 3.29. The molecule has 6 heteroatoms. The van der Waals surface area contributed by atoms with Crippen molar-refractivity contribution in [3.8, 4) is 0 Å². The minimum Gasteiger partial charge on any atom is -0.339 e. The van der Waals surface area contributed by atoms with Crippen LogP contribution in [0.2, 0.25) is 0 Å². The van der Waals surface area contributed by atoms with Crippen molar-refractivity contribution < 1.29 is 14.1 Å². The number of hydrogen-bond donors (Lipinski definition) is 0. The molecular weight excluding hydrogens is 251 g/mol. The average Bonchev–Trinajstić information content (AvgIpc) is 2.36. The molecule has 104 valence electrons. The molecule has 0 heterocycles. The summed E-state index contributed by atoms with van der Waals surface area (Å²) in [6.45, 7) is 5.73. The zero-order valence-corrected chi connectivity index (χ0v) is 11.4. The van der Waals surface area contributed by atoms with E-state index in [9.17, 15) is 19.3 Å². The van der Waals surface area contributed by atoms with Gasteiger partial charge in [0.2, 0.25) is 0 Å². The van der Waals surface area contributed by atoms with Gasteiger partial charge in [-0.2, -0.15) is 0 Å². The van der Waals surface area contributed by atoms with Gasteiger partial charge in [0.15, 0.2) is 0 Å². The average molecular weight is 268 g/mol. The zero-order valence-electron chi connectivity index (χ0n) is 11.4. The Labute approximate surface area is 111 Å². The highest BCUT2D eigenvalue weighted by Gasteiger charge is 2.24. The first-order valence-electron chi connectivity index (χ1n) is 5.96. The van der Waals surface area contributed by atoms with Gasteiger partial charge in [0.1, 0.15) is 5.82 Å². The van der Waals surface area contributed by atoms with E-state index in [2.05, 4.69) is 0 Å². The van der Waals surface area contributed by atoms with Crippen LogP contribution in [0.3, 0.4) is 0 Å². The van der Waals surface area contributed by atoms with Crippen LogP contribution < -0.4 is 0 Å². The maximum atomic E-state index is 13.6. The molecule has 1 aromatic rings. The molecule has 19 heavy (non-hydrogen) atoms. The monoisotopic (exact) mass is 268 g/mol. The molecule has 1 aromatic carbocycles. The Bertz CT molecular complexity index is 503. The van der Waals surface area contributed by atoms with Gasteiger partial charge in [-0.3, -0.25) is 14.9 Å². The summed E-state index contributed by atoms with van der Waals surface area (Å²) in [7, 11) is 1.56. The van der Waals surface area contributed by atoms with Gasteiger partial charge in [-0.1, -0.05) is 13.8 Å². The van der Waals surface area contributed by atoms with Gasteiger partial charge in [0, 0.05) is 25.2 Å². The number of halogens is 1. The van der Waals surface area contributed by atoms with Gasteiger partial charge in [-0.05, 0) is 18.9 Å². The summed E-state index contributed by atoms with van der Waals surface area (Å²) >= 11 is 0. The first-order chi connectivity index (χ1) is 8.75. The fourth-order valence-corrected chi connectivity index (χ4v) is 1.61. The molecule has 1 atom stereocenters. The molecular formula is C13H17FN2O3. The van der Waals surface area contributed by atoms with E-state index in [-0.39, 0.29) is 23.2 Å². The lowest BCUT2D eigenvalue weighted by Gasteiger charge is -2.28. The highest BCUT2D eigenvalue weighted by atomic mass is 19.1. The van der Waals surface area contributed by atoms with E-state index >= 15 is 0 Å². The quantitative estimate of drug-likeness (QED) is 0.623. The highest BCUT2D eigenvalue weighted by Crippen LogP contribution is 2.20. The fourth-order valence-electron chi connectivity index (χ4n) is 1.61. The lowest BCUT2D eigenvalue weighted by atomic mass is 10.0. The molecule has 0 aliphatic carbocycles. The van der Waals surface area contributed by atoms with Crippen molar-refractivity contribution >= 4 is 11.6 Å². The van der Waals surface area contributed by atoms with Crippen molar-refractivity contribution in [3.63, 3.8) is 0 Å². The Morgan fingerprint density at radius 3 is 2.42 bits per heavy atom. The molecule has 1 amide bonds. The number of hydrogen-bond acceptors (Lipinski definition) is 3. The first-order valence-corrected chi connectivity index (χ1v) is 5.96. The van der Waals surface area contributed by atoms with Gasteiger partial charge in [-0.15, -0.1) is 0 Å². The van der Waals surface area contributed by atoms with Crippen LogP contribution in [0, 0.1) is 21.8 Å². The van der Waals surface area contributed by atoms with E-state index in [4.69, 9.17) is 0 Å². The smallest absolute Gasteiger partial charge is 0.270 e. The first kappa shape index (κ1) is 15.1. The second-order valence-electron chi connectivity index (χ2n) is 4.82. The molecule has 0 spiro atoms. The van der Waals surface area contributed by atoms with Crippen molar-refractivity contribution in [1.82, 2.24) is 4.90 Å². The summed E-state index contributed by atoms with van der Waals surface area (Å²) in [6, 6.07) is 2.87. The molecule has 0 bridgehead atoms. The molecule has 0 saturated heterocycles. The molecule has 0 aliphatic heterocycles. The lowest BCUT2D eigenvalue weighted by Crippen LogP contribution is -2.38. The Balaban J connectivity index is 3.12. The maximum absolute atomic E-state index is 13.6. The number of nitrogens with zero attached hydrogens (tertiary/aromatic N) is 2. The SMILES string of the molecule is CC(C)C(C)N(C)C(=O)c1cc([N+](=O)[O-])ccc1F. The third-order valence-corrected chi connectivity index (χ3v) is 3.29. The van der Waals surface area contributed by atoms with E-state index in [0.717, 1.165) is 18.2 Å². The van der Waals surface area contributed by atoms with Gasteiger partial charge in [0.05, 0.1) is 10.5 Å². The van der Waals surface area contributed by atoms with Crippen LogP contribution in [-0.4, -0.2) is 28.8 Å². The molecule has 1 rings (SSSR count). The van der Waals surface area contributed by atoms with Crippen LogP contribution in [0.1, 0.15) is 31.1 Å². The molecule has 5 nitrogen and oxygen atoms in total. The summed E-state index contributed by atoms with van der Waals surface area (Å²) in [5.74, 6) is -1.10. The summed E-state index contributed by atoms with van der Waals surface area (Å²) in [4.78, 5) is 23.6. The fraction of sp³-hybridized carbons (Fsp3) is 0.462.